The van der Waals surface area contributed by atoms with Crippen LogP contribution in [0.1, 0.15) is 23.4 Å². The van der Waals surface area contributed by atoms with Gasteiger partial charge in [-0.1, -0.05) is 11.6 Å². The Kier molecular flexibility index (Phi) is 4.13. The number of hydrogen-bond donors (Lipinski definition) is 2. The number of benzene rings is 1. The van der Waals surface area contributed by atoms with E-state index in [1.165, 1.54) is 6.07 Å². The minimum atomic E-state index is -0.701. The molecule has 0 aliphatic carbocycles. The molecule has 3 rings (SSSR count). The third-order valence-corrected chi connectivity index (χ3v) is 3.96. The van der Waals surface area contributed by atoms with Crippen molar-refractivity contribution in [2.45, 2.75) is 18.9 Å². The van der Waals surface area contributed by atoms with Crippen LogP contribution in [0.25, 0.3) is 11.0 Å². The number of piperidine rings is 1. The standard InChI is InChI=1S/C15H14ClFN2O3/c16-10-5-9-12(20)7-14(22-13(9)6-11(10)17)15(21)19-8-1-3-18-4-2-8/h5-8,18H,1-4H2,(H,19,21). The molecule has 1 amide bonds. The van der Waals surface area contributed by atoms with Gasteiger partial charge in [-0.05, 0) is 32.0 Å². The van der Waals surface area contributed by atoms with Gasteiger partial charge in [-0.15, -0.1) is 0 Å². The second kappa shape index (κ2) is 6.06. The van der Waals surface area contributed by atoms with Crippen LogP contribution in [-0.4, -0.2) is 25.0 Å². The highest BCUT2D eigenvalue weighted by Gasteiger charge is 2.19. The summed E-state index contributed by atoms with van der Waals surface area (Å²) >= 11 is 5.65. The fraction of sp³-hybridized carbons (Fsp3) is 0.333. The predicted molar refractivity (Wildman–Crippen MR) is 80.8 cm³/mol. The molecule has 1 aliphatic rings. The summed E-state index contributed by atoms with van der Waals surface area (Å²) in [5, 5.41) is 6.00. The molecule has 116 valence electrons. The molecule has 5 nitrogen and oxygen atoms in total. The molecule has 0 saturated carbocycles. The highest BCUT2D eigenvalue weighted by Crippen LogP contribution is 2.21. The lowest BCUT2D eigenvalue weighted by Gasteiger charge is -2.23. The zero-order chi connectivity index (χ0) is 15.7. The van der Waals surface area contributed by atoms with Crippen LogP contribution in [0.3, 0.4) is 0 Å². The second-order valence-electron chi connectivity index (χ2n) is 5.24. The molecule has 2 aromatic rings. The topological polar surface area (TPSA) is 71.3 Å². The number of carbonyl (C=O) groups is 1. The van der Waals surface area contributed by atoms with E-state index in [9.17, 15) is 14.0 Å². The number of fused-ring (bicyclic) bond motifs is 1. The molecule has 1 saturated heterocycles. The van der Waals surface area contributed by atoms with Crippen molar-refractivity contribution >= 4 is 28.5 Å². The summed E-state index contributed by atoms with van der Waals surface area (Å²) in [5.74, 6) is -1.30. The smallest absolute Gasteiger partial charge is 0.287 e. The van der Waals surface area contributed by atoms with Gasteiger partial charge in [-0.3, -0.25) is 9.59 Å². The maximum atomic E-state index is 13.5. The zero-order valence-electron chi connectivity index (χ0n) is 11.6. The predicted octanol–water partition coefficient (Wildman–Crippen LogP) is 2.07. The van der Waals surface area contributed by atoms with Crippen LogP contribution in [0.5, 0.6) is 0 Å². The SMILES string of the molecule is O=C(NC1CCNCC1)c1cc(=O)c2cc(Cl)c(F)cc2o1. The first-order chi connectivity index (χ1) is 10.5. The van der Waals surface area contributed by atoms with Gasteiger partial charge in [0.15, 0.2) is 11.2 Å². The quantitative estimate of drug-likeness (QED) is 0.887. The van der Waals surface area contributed by atoms with Crippen molar-refractivity contribution in [3.8, 4) is 0 Å². The molecule has 0 atom stereocenters. The first kappa shape index (κ1) is 15.0. The molecule has 0 spiro atoms. The average molecular weight is 325 g/mol. The van der Waals surface area contributed by atoms with Gasteiger partial charge in [-0.25, -0.2) is 4.39 Å². The molecule has 7 heteroatoms. The molecular formula is C15H14ClFN2O3. The van der Waals surface area contributed by atoms with E-state index in [2.05, 4.69) is 10.6 Å². The lowest BCUT2D eigenvalue weighted by molar-refractivity contribution is 0.0902. The summed E-state index contributed by atoms with van der Waals surface area (Å²) in [6.07, 6.45) is 1.63. The van der Waals surface area contributed by atoms with Crippen molar-refractivity contribution in [2.24, 2.45) is 0 Å². The van der Waals surface area contributed by atoms with E-state index in [1.807, 2.05) is 0 Å². The van der Waals surface area contributed by atoms with Gasteiger partial charge >= 0.3 is 0 Å². The summed E-state index contributed by atoms with van der Waals surface area (Å²) in [6.45, 7) is 1.66. The van der Waals surface area contributed by atoms with Crippen molar-refractivity contribution in [2.75, 3.05) is 13.1 Å². The number of halogens is 2. The summed E-state index contributed by atoms with van der Waals surface area (Å²) in [4.78, 5) is 24.2. The van der Waals surface area contributed by atoms with Crippen LogP contribution >= 0.6 is 11.6 Å². The van der Waals surface area contributed by atoms with Crippen molar-refractivity contribution in [1.29, 1.82) is 0 Å². The normalized spacial score (nSPS) is 15.9. The molecule has 1 aromatic carbocycles. The van der Waals surface area contributed by atoms with Crippen molar-refractivity contribution < 1.29 is 13.6 Å². The zero-order valence-corrected chi connectivity index (χ0v) is 12.4. The fourth-order valence-electron chi connectivity index (χ4n) is 2.49. The van der Waals surface area contributed by atoms with Gasteiger partial charge in [0, 0.05) is 18.2 Å². The van der Waals surface area contributed by atoms with Gasteiger partial charge in [0.2, 0.25) is 0 Å². The van der Waals surface area contributed by atoms with Crippen molar-refractivity contribution in [3.63, 3.8) is 0 Å². The van der Waals surface area contributed by atoms with Gasteiger partial charge in [0.05, 0.1) is 10.4 Å². The Morgan fingerprint density at radius 3 is 2.77 bits per heavy atom. The Labute approximate surface area is 130 Å². The minimum Gasteiger partial charge on any atom is -0.451 e. The first-order valence-electron chi connectivity index (χ1n) is 6.99. The fourth-order valence-corrected chi connectivity index (χ4v) is 2.65. The van der Waals surface area contributed by atoms with Crippen molar-refractivity contribution in [1.82, 2.24) is 10.6 Å². The van der Waals surface area contributed by atoms with Crippen LogP contribution in [0.2, 0.25) is 5.02 Å². The highest BCUT2D eigenvalue weighted by molar-refractivity contribution is 6.31. The van der Waals surface area contributed by atoms with Crippen LogP contribution in [0, 0.1) is 5.82 Å². The average Bonchev–Trinajstić information content (AvgIpc) is 2.50. The maximum absolute atomic E-state index is 13.5. The Morgan fingerprint density at radius 2 is 2.05 bits per heavy atom. The largest absolute Gasteiger partial charge is 0.451 e. The van der Waals surface area contributed by atoms with Gasteiger partial charge in [0.1, 0.15) is 11.4 Å². The lowest BCUT2D eigenvalue weighted by atomic mass is 10.1. The Balaban J connectivity index is 1.92. The van der Waals surface area contributed by atoms with E-state index in [4.69, 9.17) is 16.0 Å². The maximum Gasteiger partial charge on any atom is 0.287 e. The Morgan fingerprint density at radius 1 is 1.32 bits per heavy atom. The van der Waals surface area contributed by atoms with E-state index in [-0.39, 0.29) is 27.8 Å². The molecule has 1 aromatic heterocycles. The number of carbonyl (C=O) groups excluding carboxylic acids is 1. The van der Waals surface area contributed by atoms with Crippen LogP contribution in [0.15, 0.2) is 27.4 Å². The van der Waals surface area contributed by atoms with Crippen LogP contribution in [0.4, 0.5) is 4.39 Å². The summed E-state index contributed by atoms with van der Waals surface area (Å²) < 4.78 is 18.8. The summed E-state index contributed by atoms with van der Waals surface area (Å²) in [7, 11) is 0. The van der Waals surface area contributed by atoms with Gasteiger partial charge in [-0.2, -0.15) is 0 Å². The van der Waals surface area contributed by atoms with Crippen LogP contribution in [-0.2, 0) is 0 Å². The molecular weight excluding hydrogens is 311 g/mol. The molecule has 1 aliphatic heterocycles. The van der Waals surface area contributed by atoms with E-state index < -0.39 is 17.2 Å². The molecule has 1 fully saturated rings. The number of amides is 1. The first-order valence-corrected chi connectivity index (χ1v) is 7.37. The van der Waals surface area contributed by atoms with E-state index in [0.717, 1.165) is 38.1 Å². The highest BCUT2D eigenvalue weighted by atomic mass is 35.5. The molecule has 22 heavy (non-hydrogen) atoms. The van der Waals surface area contributed by atoms with Crippen LogP contribution < -0.4 is 16.1 Å². The van der Waals surface area contributed by atoms with E-state index in [1.54, 1.807) is 0 Å². The lowest BCUT2D eigenvalue weighted by Crippen LogP contribution is -2.42. The van der Waals surface area contributed by atoms with Gasteiger partial charge < -0.3 is 15.1 Å². The second-order valence-corrected chi connectivity index (χ2v) is 5.64. The third kappa shape index (κ3) is 2.98. The molecule has 2 heterocycles. The Bertz CT molecular complexity index is 784. The molecule has 0 unspecified atom stereocenters. The number of nitrogens with one attached hydrogen (secondary N) is 2. The molecule has 2 N–H and O–H groups in total. The van der Waals surface area contributed by atoms with E-state index >= 15 is 0 Å². The van der Waals surface area contributed by atoms with Gasteiger partial charge in [0.25, 0.3) is 5.91 Å². The Hall–Kier alpha value is -1.92. The number of rotatable bonds is 2. The minimum absolute atomic E-state index is 0.00450. The van der Waals surface area contributed by atoms with E-state index in [0.29, 0.717) is 0 Å². The summed E-state index contributed by atoms with van der Waals surface area (Å²) in [5.41, 5.74) is -0.427. The monoisotopic (exact) mass is 324 g/mol. The van der Waals surface area contributed by atoms with Crippen molar-refractivity contribution in [3.05, 3.63) is 45.0 Å². The number of hydrogen-bond acceptors (Lipinski definition) is 4. The third-order valence-electron chi connectivity index (χ3n) is 3.67. The summed E-state index contributed by atoms with van der Waals surface area (Å²) in [6, 6.07) is 3.36. The molecule has 0 radical (unpaired) electrons. The molecule has 0 bridgehead atoms.